The van der Waals surface area contributed by atoms with E-state index in [9.17, 15) is 4.39 Å². The fraction of sp³-hybridized carbons (Fsp3) is 0.542. The van der Waals surface area contributed by atoms with Gasteiger partial charge < -0.3 is 9.80 Å². The smallest absolute Gasteiger partial charge is 0.245 e. The highest BCUT2D eigenvalue weighted by molar-refractivity contribution is 7.10. The van der Waals surface area contributed by atoms with Crippen molar-refractivity contribution in [1.82, 2.24) is 19.1 Å². The summed E-state index contributed by atoms with van der Waals surface area (Å²) in [5.74, 6) is 2.64. The van der Waals surface area contributed by atoms with Gasteiger partial charge in [0, 0.05) is 25.6 Å². The second kappa shape index (κ2) is 6.53. The molecule has 32 heavy (non-hydrogen) atoms. The van der Waals surface area contributed by atoms with Crippen LogP contribution >= 0.6 is 11.5 Å². The van der Waals surface area contributed by atoms with Crippen LogP contribution in [0, 0.1) is 25.6 Å². The summed E-state index contributed by atoms with van der Waals surface area (Å²) in [5.41, 5.74) is 3.47. The molecule has 6 nitrogen and oxygen atoms in total. The third-order valence-corrected chi connectivity index (χ3v) is 9.11. The Labute approximate surface area is 191 Å². The highest BCUT2D eigenvalue weighted by Gasteiger charge is 2.73. The molecule has 3 fully saturated rings. The molecule has 1 saturated carbocycles. The maximum Gasteiger partial charge on any atom is 0.245 e. The summed E-state index contributed by atoms with van der Waals surface area (Å²) in [6, 6.07) is 7.94. The molecule has 1 aromatic carbocycles. The predicted molar refractivity (Wildman–Crippen MR) is 123 cm³/mol. The van der Waals surface area contributed by atoms with E-state index in [1.54, 1.807) is 23.7 Å². The summed E-state index contributed by atoms with van der Waals surface area (Å²) in [6.07, 6.45) is 4.63. The SMILES string of the molecule is Cc1cc(N2C[C@@H]3CC[C@]4(C2)[C@H]3N4c2nc3n(n2)CCCC3c2ccc(F)cc2C)sn1. The first kappa shape index (κ1) is 19.0. The largest absolute Gasteiger partial charge is 0.359 e. The molecule has 166 valence electrons. The van der Waals surface area contributed by atoms with Gasteiger partial charge in [0.1, 0.15) is 16.6 Å². The number of halogens is 1. The molecule has 0 N–H and O–H groups in total. The molecule has 2 aromatic heterocycles. The minimum atomic E-state index is -0.173. The summed E-state index contributed by atoms with van der Waals surface area (Å²) >= 11 is 1.62. The van der Waals surface area contributed by atoms with Crippen molar-refractivity contribution in [3.63, 3.8) is 0 Å². The van der Waals surface area contributed by atoms with Crippen molar-refractivity contribution in [1.29, 1.82) is 0 Å². The van der Waals surface area contributed by atoms with Gasteiger partial charge >= 0.3 is 0 Å². The molecule has 5 heterocycles. The number of aromatic nitrogens is 4. The van der Waals surface area contributed by atoms with Gasteiger partial charge in [0.2, 0.25) is 5.95 Å². The number of hydrogen-bond acceptors (Lipinski definition) is 6. The van der Waals surface area contributed by atoms with Gasteiger partial charge in [-0.1, -0.05) is 6.07 Å². The minimum absolute atomic E-state index is 0.173. The zero-order valence-electron chi connectivity index (χ0n) is 18.5. The Kier molecular flexibility index (Phi) is 3.88. The average molecular weight is 451 g/mol. The van der Waals surface area contributed by atoms with E-state index < -0.39 is 0 Å². The van der Waals surface area contributed by atoms with Gasteiger partial charge in [-0.25, -0.2) is 9.07 Å². The molecule has 4 atom stereocenters. The lowest BCUT2D eigenvalue weighted by atomic mass is 9.88. The molecule has 1 unspecified atom stereocenters. The molecular weight excluding hydrogens is 423 g/mol. The molecule has 8 heteroatoms. The first-order chi connectivity index (χ1) is 15.5. The van der Waals surface area contributed by atoms with Crippen LogP contribution in [0.3, 0.4) is 0 Å². The van der Waals surface area contributed by atoms with E-state index in [1.807, 2.05) is 13.0 Å². The Hall–Kier alpha value is -2.48. The molecule has 4 aliphatic rings. The number of benzene rings is 1. The summed E-state index contributed by atoms with van der Waals surface area (Å²) in [5, 5.41) is 6.30. The van der Waals surface area contributed by atoms with Crippen LogP contribution in [0.4, 0.5) is 15.3 Å². The molecule has 2 saturated heterocycles. The number of anilines is 2. The molecule has 0 amide bonds. The quantitative estimate of drug-likeness (QED) is 0.558. The molecule has 2 bridgehead atoms. The van der Waals surface area contributed by atoms with E-state index in [-0.39, 0.29) is 17.3 Å². The normalized spacial score (nSPS) is 30.4. The van der Waals surface area contributed by atoms with Crippen LogP contribution in [-0.4, -0.2) is 43.8 Å². The van der Waals surface area contributed by atoms with Gasteiger partial charge in [-0.3, -0.25) is 0 Å². The van der Waals surface area contributed by atoms with E-state index >= 15 is 0 Å². The van der Waals surface area contributed by atoms with Crippen molar-refractivity contribution in [2.75, 3.05) is 22.9 Å². The monoisotopic (exact) mass is 450 g/mol. The molecular formula is C24H27FN6S. The Balaban J connectivity index is 1.21. The summed E-state index contributed by atoms with van der Waals surface area (Å²) in [7, 11) is 0. The highest BCUT2D eigenvalue weighted by Crippen LogP contribution is 2.60. The van der Waals surface area contributed by atoms with Crippen molar-refractivity contribution in [2.24, 2.45) is 5.92 Å². The fourth-order valence-corrected chi connectivity index (χ4v) is 7.55. The molecule has 1 aliphatic carbocycles. The summed E-state index contributed by atoms with van der Waals surface area (Å²) < 4.78 is 20.3. The first-order valence-corrected chi connectivity index (χ1v) is 12.5. The van der Waals surface area contributed by atoms with Gasteiger partial charge in [-0.2, -0.15) is 9.36 Å². The lowest BCUT2D eigenvalue weighted by Gasteiger charge is -2.29. The van der Waals surface area contributed by atoms with Crippen LogP contribution in [-0.2, 0) is 6.54 Å². The average Bonchev–Trinajstić information content (AvgIpc) is 3.05. The van der Waals surface area contributed by atoms with Crippen LogP contribution in [0.15, 0.2) is 24.3 Å². The van der Waals surface area contributed by atoms with Gasteiger partial charge in [0.15, 0.2) is 0 Å². The standard InChI is InChI=1S/C24H27FN6S/c1-14-10-17(25)5-6-18(14)19-4-3-9-30-22(19)26-23(27-30)31-21-16-7-8-24(21,31)13-29(12-16)20-11-15(2)28-32-20/h5-6,10-11,16,19,21H,3-4,7-9,12-13H2,1-2H3/t16-,19?,21-,24-,31?/m0/s1. The van der Waals surface area contributed by atoms with Crippen molar-refractivity contribution in [3.8, 4) is 0 Å². The number of fused-ring (bicyclic) bond motifs is 1. The van der Waals surface area contributed by atoms with Crippen molar-refractivity contribution < 1.29 is 4.39 Å². The Morgan fingerprint density at radius 2 is 2.09 bits per heavy atom. The van der Waals surface area contributed by atoms with Crippen molar-refractivity contribution >= 4 is 22.5 Å². The fourth-order valence-electron chi connectivity index (χ4n) is 6.78. The van der Waals surface area contributed by atoms with Crippen LogP contribution in [0.1, 0.15) is 54.2 Å². The van der Waals surface area contributed by atoms with Crippen LogP contribution in [0.2, 0.25) is 0 Å². The van der Waals surface area contributed by atoms with Crippen molar-refractivity contribution in [2.45, 2.75) is 63.6 Å². The third-order valence-electron chi connectivity index (χ3n) is 8.17. The van der Waals surface area contributed by atoms with Gasteiger partial charge in [-0.05, 0) is 86.3 Å². The molecule has 3 aliphatic heterocycles. The van der Waals surface area contributed by atoms with Crippen LogP contribution in [0.5, 0.6) is 0 Å². The maximum absolute atomic E-state index is 13.7. The second-order valence-electron chi connectivity index (χ2n) is 10.1. The summed E-state index contributed by atoms with van der Waals surface area (Å²) in [4.78, 5) is 10.2. The van der Waals surface area contributed by atoms with E-state index in [2.05, 4.69) is 31.8 Å². The van der Waals surface area contributed by atoms with Gasteiger partial charge in [-0.15, -0.1) is 5.10 Å². The Bertz CT molecular complexity index is 1220. The Morgan fingerprint density at radius 1 is 1.19 bits per heavy atom. The second-order valence-corrected chi connectivity index (χ2v) is 10.9. The number of aryl methyl sites for hydroxylation is 3. The zero-order chi connectivity index (χ0) is 21.6. The van der Waals surface area contributed by atoms with Gasteiger partial charge in [0.05, 0.1) is 17.3 Å². The third kappa shape index (κ3) is 2.59. The highest BCUT2D eigenvalue weighted by atomic mass is 32.1. The van der Waals surface area contributed by atoms with E-state index in [1.165, 1.54) is 23.4 Å². The van der Waals surface area contributed by atoms with Gasteiger partial charge in [0.25, 0.3) is 0 Å². The Morgan fingerprint density at radius 3 is 2.91 bits per heavy atom. The first-order valence-electron chi connectivity index (χ1n) is 11.7. The molecule has 7 rings (SSSR count). The number of rotatable bonds is 3. The zero-order valence-corrected chi connectivity index (χ0v) is 19.3. The van der Waals surface area contributed by atoms with E-state index in [0.717, 1.165) is 55.5 Å². The number of hydrogen-bond donors (Lipinski definition) is 0. The maximum atomic E-state index is 13.7. The number of nitrogens with zero attached hydrogens (tertiary/aromatic N) is 6. The molecule has 0 spiro atoms. The molecule has 3 aromatic rings. The predicted octanol–water partition coefficient (Wildman–Crippen LogP) is 4.27. The topological polar surface area (TPSA) is 49.9 Å². The summed E-state index contributed by atoms with van der Waals surface area (Å²) in [6.45, 7) is 7.14. The lowest BCUT2D eigenvalue weighted by molar-refractivity contribution is 0.444. The minimum Gasteiger partial charge on any atom is -0.359 e. The van der Waals surface area contributed by atoms with E-state index in [4.69, 9.17) is 10.1 Å². The van der Waals surface area contributed by atoms with Crippen molar-refractivity contribution in [3.05, 3.63) is 52.7 Å². The van der Waals surface area contributed by atoms with Crippen LogP contribution < -0.4 is 9.80 Å². The van der Waals surface area contributed by atoms with Crippen LogP contribution in [0.25, 0.3) is 0 Å². The lowest BCUT2D eigenvalue weighted by Crippen LogP contribution is -2.41. The van der Waals surface area contributed by atoms with E-state index in [0.29, 0.717) is 12.0 Å². The molecule has 0 radical (unpaired) electrons. The number of piperidine rings is 2.